The van der Waals surface area contributed by atoms with Gasteiger partial charge in [0, 0.05) is 51.5 Å². The molecule has 1 fully saturated rings. The molecule has 0 bridgehead atoms. The average Bonchev–Trinajstić information content (AvgIpc) is 2.91. The van der Waals surface area contributed by atoms with Crippen molar-refractivity contribution in [2.75, 3.05) is 44.8 Å². The van der Waals surface area contributed by atoms with E-state index >= 15 is 0 Å². The Bertz CT molecular complexity index is 584. The molecule has 1 heterocycles. The van der Waals surface area contributed by atoms with Gasteiger partial charge in [-0.25, -0.2) is 8.78 Å². The Kier molecular flexibility index (Phi) is 8.74. The largest absolute Gasteiger partial charge is 0.383 e. The van der Waals surface area contributed by atoms with E-state index in [1.165, 1.54) is 4.90 Å². The molecule has 1 aromatic carbocycles. The van der Waals surface area contributed by atoms with Crippen molar-refractivity contribution in [3.8, 4) is 0 Å². The average molecular weight is 378 g/mol. The first-order valence-corrected chi connectivity index (χ1v) is 7.75. The summed E-state index contributed by atoms with van der Waals surface area (Å²) in [5.74, 6) is -2.60. The van der Waals surface area contributed by atoms with Gasteiger partial charge in [0.2, 0.25) is 11.8 Å². The highest BCUT2D eigenvalue weighted by molar-refractivity contribution is 6.00. The minimum absolute atomic E-state index is 0. The number of nitrogens with zero attached hydrogens (tertiary/aromatic N) is 1. The molecule has 0 aliphatic carbocycles. The van der Waals surface area contributed by atoms with Crippen molar-refractivity contribution in [1.82, 2.24) is 10.6 Å². The number of rotatable bonds is 8. The highest BCUT2D eigenvalue weighted by Crippen LogP contribution is 2.26. The molecule has 1 aromatic rings. The van der Waals surface area contributed by atoms with Gasteiger partial charge in [-0.1, -0.05) is 0 Å². The quantitative estimate of drug-likeness (QED) is 0.665. The van der Waals surface area contributed by atoms with Crippen molar-refractivity contribution in [3.63, 3.8) is 0 Å². The Balaban J connectivity index is 0.00000312. The third kappa shape index (κ3) is 6.22. The van der Waals surface area contributed by atoms with Gasteiger partial charge in [-0.15, -0.1) is 12.4 Å². The summed E-state index contributed by atoms with van der Waals surface area (Å²) in [7, 11) is 1.61. The van der Waals surface area contributed by atoms with Gasteiger partial charge >= 0.3 is 0 Å². The summed E-state index contributed by atoms with van der Waals surface area (Å²) in [6, 6.07) is 2.91. The van der Waals surface area contributed by atoms with Gasteiger partial charge in [-0.2, -0.15) is 0 Å². The molecule has 1 saturated heterocycles. The molecule has 2 amide bonds. The number of nitrogens with one attached hydrogen (secondary N) is 2. The fraction of sp³-hybridized carbons (Fsp3) is 0.500. The Morgan fingerprint density at radius 1 is 1.24 bits per heavy atom. The Morgan fingerprint density at radius 2 is 1.92 bits per heavy atom. The standard InChI is InChI=1S/C16H21F2N3O3.ClH/c1-24-5-4-19-2-3-20-16(23)11-6-15(22)21(10-11)14-8-12(17)7-13(18)9-14;/h7-9,11,19H,2-6,10H2,1H3,(H,20,23);1H. The number of hydrogen-bond donors (Lipinski definition) is 2. The molecule has 1 aliphatic rings. The number of carbonyl (C=O) groups excluding carboxylic acids is 2. The van der Waals surface area contributed by atoms with E-state index in [0.29, 0.717) is 26.2 Å². The maximum Gasteiger partial charge on any atom is 0.227 e. The molecule has 25 heavy (non-hydrogen) atoms. The Hall–Kier alpha value is -1.77. The third-order valence-corrected chi connectivity index (χ3v) is 3.74. The number of amides is 2. The van der Waals surface area contributed by atoms with E-state index in [-0.39, 0.29) is 42.9 Å². The van der Waals surface area contributed by atoms with Gasteiger partial charge in [-0.3, -0.25) is 9.59 Å². The highest BCUT2D eigenvalue weighted by atomic mass is 35.5. The second-order valence-corrected chi connectivity index (χ2v) is 5.57. The molecule has 1 atom stereocenters. The van der Waals surface area contributed by atoms with E-state index in [2.05, 4.69) is 10.6 Å². The second kappa shape index (κ2) is 10.3. The zero-order valence-electron chi connectivity index (χ0n) is 13.9. The lowest BCUT2D eigenvalue weighted by Gasteiger charge is -2.17. The molecule has 6 nitrogen and oxygen atoms in total. The lowest BCUT2D eigenvalue weighted by atomic mass is 10.1. The molecule has 0 aromatic heterocycles. The van der Waals surface area contributed by atoms with Crippen LogP contribution in [0.15, 0.2) is 18.2 Å². The van der Waals surface area contributed by atoms with Crippen molar-refractivity contribution in [1.29, 1.82) is 0 Å². The molecule has 140 valence electrons. The van der Waals surface area contributed by atoms with E-state index < -0.39 is 17.6 Å². The summed E-state index contributed by atoms with van der Waals surface area (Å²) < 4.78 is 31.5. The van der Waals surface area contributed by atoms with Crippen molar-refractivity contribution >= 4 is 29.9 Å². The van der Waals surface area contributed by atoms with Gasteiger partial charge in [-0.05, 0) is 12.1 Å². The summed E-state index contributed by atoms with van der Waals surface area (Å²) in [5.41, 5.74) is 0.133. The summed E-state index contributed by atoms with van der Waals surface area (Å²) in [6.07, 6.45) is 0.0288. The normalized spacial score (nSPS) is 16.7. The highest BCUT2D eigenvalue weighted by Gasteiger charge is 2.35. The van der Waals surface area contributed by atoms with Crippen molar-refractivity contribution < 1.29 is 23.1 Å². The van der Waals surface area contributed by atoms with Crippen LogP contribution in [-0.2, 0) is 14.3 Å². The van der Waals surface area contributed by atoms with E-state index in [1.807, 2.05) is 0 Å². The van der Waals surface area contributed by atoms with Crippen molar-refractivity contribution in [3.05, 3.63) is 29.8 Å². The summed E-state index contributed by atoms with van der Waals surface area (Å²) >= 11 is 0. The van der Waals surface area contributed by atoms with Crippen LogP contribution in [0.1, 0.15) is 6.42 Å². The van der Waals surface area contributed by atoms with E-state index in [1.54, 1.807) is 7.11 Å². The van der Waals surface area contributed by atoms with E-state index in [4.69, 9.17) is 4.74 Å². The van der Waals surface area contributed by atoms with Crippen LogP contribution in [0.5, 0.6) is 0 Å². The van der Waals surface area contributed by atoms with Crippen LogP contribution in [0.4, 0.5) is 14.5 Å². The first-order chi connectivity index (χ1) is 11.5. The maximum absolute atomic E-state index is 13.3. The van der Waals surface area contributed by atoms with Crippen LogP contribution >= 0.6 is 12.4 Å². The lowest BCUT2D eigenvalue weighted by molar-refractivity contribution is -0.126. The minimum Gasteiger partial charge on any atom is -0.383 e. The molecule has 2 N–H and O–H groups in total. The van der Waals surface area contributed by atoms with E-state index in [0.717, 1.165) is 18.2 Å². The molecule has 1 aliphatic heterocycles. The summed E-state index contributed by atoms with van der Waals surface area (Å²) in [5, 5.41) is 5.84. The first-order valence-electron chi connectivity index (χ1n) is 7.75. The topological polar surface area (TPSA) is 70.7 Å². The smallest absolute Gasteiger partial charge is 0.227 e. The zero-order chi connectivity index (χ0) is 17.5. The SMILES string of the molecule is COCCNCCNC(=O)C1CC(=O)N(c2cc(F)cc(F)c2)C1.Cl. The summed E-state index contributed by atoms with van der Waals surface area (Å²) in [4.78, 5) is 25.4. The monoisotopic (exact) mass is 377 g/mol. The number of halogens is 3. The van der Waals surface area contributed by atoms with Gasteiger partial charge in [0.05, 0.1) is 12.5 Å². The fourth-order valence-corrected chi connectivity index (χ4v) is 2.55. The number of carbonyl (C=O) groups is 2. The van der Waals surface area contributed by atoms with Gasteiger partial charge in [0.15, 0.2) is 0 Å². The minimum atomic E-state index is -0.757. The van der Waals surface area contributed by atoms with Crippen LogP contribution in [0.25, 0.3) is 0 Å². The fourth-order valence-electron chi connectivity index (χ4n) is 2.55. The van der Waals surface area contributed by atoms with Crippen molar-refractivity contribution in [2.24, 2.45) is 5.92 Å². The second-order valence-electron chi connectivity index (χ2n) is 5.57. The van der Waals surface area contributed by atoms with Crippen LogP contribution in [-0.4, -0.2) is 51.7 Å². The number of benzene rings is 1. The molecule has 1 unspecified atom stereocenters. The van der Waals surface area contributed by atoms with Crippen LogP contribution in [0, 0.1) is 17.6 Å². The van der Waals surface area contributed by atoms with Crippen LogP contribution in [0.3, 0.4) is 0 Å². The van der Waals surface area contributed by atoms with E-state index in [9.17, 15) is 18.4 Å². The Labute approximate surface area is 151 Å². The number of anilines is 1. The Morgan fingerprint density at radius 3 is 2.56 bits per heavy atom. The molecular weight excluding hydrogens is 356 g/mol. The molecule has 2 rings (SSSR count). The number of methoxy groups -OCH3 is 1. The first kappa shape index (κ1) is 21.3. The molecule has 9 heteroatoms. The lowest BCUT2D eigenvalue weighted by Crippen LogP contribution is -2.37. The van der Waals surface area contributed by atoms with Crippen molar-refractivity contribution in [2.45, 2.75) is 6.42 Å². The maximum atomic E-state index is 13.3. The predicted octanol–water partition coefficient (Wildman–Crippen LogP) is 1.09. The predicted molar refractivity (Wildman–Crippen MR) is 91.8 cm³/mol. The molecular formula is C16H22ClF2N3O3. The van der Waals surface area contributed by atoms with Crippen LogP contribution < -0.4 is 15.5 Å². The van der Waals surface area contributed by atoms with Gasteiger partial charge < -0.3 is 20.3 Å². The third-order valence-electron chi connectivity index (χ3n) is 3.74. The zero-order valence-corrected chi connectivity index (χ0v) is 14.7. The number of hydrogen-bond acceptors (Lipinski definition) is 4. The van der Waals surface area contributed by atoms with Gasteiger partial charge in [0.25, 0.3) is 0 Å². The summed E-state index contributed by atoms with van der Waals surface area (Å²) in [6.45, 7) is 2.42. The van der Waals surface area contributed by atoms with Gasteiger partial charge in [0.1, 0.15) is 11.6 Å². The molecule has 0 spiro atoms. The van der Waals surface area contributed by atoms with Crippen LogP contribution in [0.2, 0.25) is 0 Å². The molecule has 0 saturated carbocycles. The molecule has 0 radical (unpaired) electrons. The number of ether oxygens (including phenoxy) is 1.